The number of rotatable bonds is 9. The van der Waals surface area contributed by atoms with Crippen LogP contribution in [0.3, 0.4) is 0 Å². The first kappa shape index (κ1) is 14.6. The van der Waals surface area contributed by atoms with Crippen molar-refractivity contribution < 1.29 is 9.47 Å². The number of nitrogens with one attached hydrogen (secondary N) is 1. The van der Waals surface area contributed by atoms with Gasteiger partial charge in [-0.1, -0.05) is 18.2 Å². The lowest BCUT2D eigenvalue weighted by Gasteiger charge is -2.06. The number of ether oxygens (including phenoxy) is 2. The van der Waals surface area contributed by atoms with E-state index < -0.39 is 0 Å². The monoisotopic (exact) mass is 275 g/mol. The van der Waals surface area contributed by atoms with Gasteiger partial charge in [-0.3, -0.25) is 0 Å². The summed E-state index contributed by atoms with van der Waals surface area (Å²) in [5.74, 6) is 0.897. The van der Waals surface area contributed by atoms with Crippen molar-refractivity contribution in [2.45, 2.75) is 13.1 Å². The van der Waals surface area contributed by atoms with Crippen molar-refractivity contribution in [2.24, 2.45) is 0 Å². The molecule has 0 aliphatic rings. The summed E-state index contributed by atoms with van der Waals surface area (Å²) in [6, 6.07) is 9.83. The van der Waals surface area contributed by atoms with Crippen molar-refractivity contribution in [3.63, 3.8) is 0 Å². The third kappa shape index (κ3) is 5.03. The molecule has 0 amide bonds. The van der Waals surface area contributed by atoms with E-state index in [2.05, 4.69) is 10.3 Å². The predicted molar refractivity (Wildman–Crippen MR) is 77.7 cm³/mol. The first-order valence-corrected chi connectivity index (χ1v) is 6.76. The average Bonchev–Trinajstić information content (AvgIpc) is 2.93. The maximum Gasteiger partial charge on any atom is 0.119 e. The SMILES string of the molecule is COCCNCc1cn(CCOc2ccccc2)cn1. The lowest BCUT2D eigenvalue weighted by Crippen LogP contribution is -2.18. The minimum atomic E-state index is 0.636. The van der Waals surface area contributed by atoms with Gasteiger partial charge in [0.1, 0.15) is 12.4 Å². The van der Waals surface area contributed by atoms with Crippen LogP contribution in [0.4, 0.5) is 0 Å². The second-order valence-electron chi connectivity index (χ2n) is 4.43. The zero-order valence-electron chi connectivity index (χ0n) is 11.8. The van der Waals surface area contributed by atoms with Gasteiger partial charge in [-0.15, -0.1) is 0 Å². The van der Waals surface area contributed by atoms with E-state index in [1.54, 1.807) is 7.11 Å². The Morgan fingerprint density at radius 3 is 2.85 bits per heavy atom. The summed E-state index contributed by atoms with van der Waals surface area (Å²) in [7, 11) is 1.70. The lowest BCUT2D eigenvalue weighted by atomic mass is 10.3. The van der Waals surface area contributed by atoms with E-state index in [9.17, 15) is 0 Å². The van der Waals surface area contributed by atoms with Crippen molar-refractivity contribution in [2.75, 3.05) is 26.9 Å². The maximum atomic E-state index is 5.65. The van der Waals surface area contributed by atoms with Gasteiger partial charge in [0.2, 0.25) is 0 Å². The molecule has 0 aliphatic carbocycles. The first-order chi connectivity index (χ1) is 9.88. The molecule has 0 fully saturated rings. The van der Waals surface area contributed by atoms with Crippen molar-refractivity contribution in [1.29, 1.82) is 0 Å². The Morgan fingerprint density at radius 2 is 2.05 bits per heavy atom. The van der Waals surface area contributed by atoms with Crippen LogP contribution in [0.1, 0.15) is 5.69 Å². The Labute approximate surface area is 119 Å². The van der Waals surface area contributed by atoms with Crippen LogP contribution in [0.5, 0.6) is 5.75 Å². The average molecular weight is 275 g/mol. The summed E-state index contributed by atoms with van der Waals surface area (Å²) in [5.41, 5.74) is 1.03. The van der Waals surface area contributed by atoms with Crippen LogP contribution >= 0.6 is 0 Å². The standard InChI is InChI=1S/C15H21N3O2/c1-19-9-7-16-11-14-12-18(13-17-14)8-10-20-15-5-3-2-4-6-15/h2-6,12-13,16H,7-11H2,1H3. The molecule has 20 heavy (non-hydrogen) atoms. The second kappa shape index (κ2) is 8.35. The molecule has 1 heterocycles. The summed E-state index contributed by atoms with van der Waals surface area (Å²) in [6.45, 7) is 3.74. The molecular formula is C15H21N3O2. The van der Waals surface area contributed by atoms with Crippen LogP contribution in [0.25, 0.3) is 0 Å². The van der Waals surface area contributed by atoms with Crippen LogP contribution < -0.4 is 10.1 Å². The smallest absolute Gasteiger partial charge is 0.119 e. The molecule has 5 nitrogen and oxygen atoms in total. The van der Waals surface area contributed by atoms with E-state index in [1.807, 2.05) is 47.4 Å². The second-order valence-corrected chi connectivity index (χ2v) is 4.43. The molecule has 1 aromatic carbocycles. The molecule has 108 valence electrons. The van der Waals surface area contributed by atoms with E-state index in [4.69, 9.17) is 9.47 Å². The van der Waals surface area contributed by atoms with Gasteiger partial charge in [-0.05, 0) is 12.1 Å². The molecule has 0 radical (unpaired) electrons. The van der Waals surface area contributed by atoms with Crippen LogP contribution in [0.2, 0.25) is 0 Å². The van der Waals surface area contributed by atoms with Crippen molar-refractivity contribution in [3.8, 4) is 5.75 Å². The molecule has 0 aliphatic heterocycles. The molecule has 0 unspecified atom stereocenters. The van der Waals surface area contributed by atoms with Crippen LogP contribution in [0, 0.1) is 0 Å². The first-order valence-electron chi connectivity index (χ1n) is 6.76. The quantitative estimate of drug-likeness (QED) is 0.708. The lowest BCUT2D eigenvalue weighted by molar-refractivity contribution is 0.199. The van der Waals surface area contributed by atoms with Gasteiger partial charge in [-0.2, -0.15) is 0 Å². The molecule has 5 heteroatoms. The third-order valence-corrected chi connectivity index (χ3v) is 2.84. The number of hydrogen-bond donors (Lipinski definition) is 1. The van der Waals surface area contributed by atoms with Gasteiger partial charge >= 0.3 is 0 Å². The Kier molecular flexibility index (Phi) is 6.07. The van der Waals surface area contributed by atoms with Crippen LogP contribution in [0.15, 0.2) is 42.9 Å². The highest BCUT2D eigenvalue weighted by Gasteiger charge is 1.99. The number of aromatic nitrogens is 2. The summed E-state index contributed by atoms with van der Waals surface area (Å²) in [6.07, 6.45) is 3.87. The molecule has 2 rings (SSSR count). The maximum absolute atomic E-state index is 5.65. The molecule has 1 aromatic heterocycles. The molecule has 2 aromatic rings. The minimum absolute atomic E-state index is 0.636. The van der Waals surface area contributed by atoms with Crippen LogP contribution in [-0.4, -0.2) is 36.4 Å². The van der Waals surface area contributed by atoms with E-state index in [0.717, 1.165) is 31.1 Å². The molecule has 1 N–H and O–H groups in total. The molecule has 0 bridgehead atoms. The number of nitrogens with zero attached hydrogens (tertiary/aromatic N) is 2. The highest BCUT2D eigenvalue weighted by molar-refractivity contribution is 5.20. The Hall–Kier alpha value is -1.85. The van der Waals surface area contributed by atoms with Gasteiger partial charge in [-0.25, -0.2) is 4.98 Å². The molecule has 0 saturated carbocycles. The van der Waals surface area contributed by atoms with Gasteiger partial charge in [0.05, 0.1) is 25.2 Å². The topological polar surface area (TPSA) is 48.3 Å². The van der Waals surface area contributed by atoms with E-state index in [-0.39, 0.29) is 0 Å². The highest BCUT2D eigenvalue weighted by atomic mass is 16.5. The molecule has 0 spiro atoms. The number of methoxy groups -OCH3 is 1. The van der Waals surface area contributed by atoms with Crippen LogP contribution in [-0.2, 0) is 17.8 Å². The molecule has 0 atom stereocenters. The number of para-hydroxylation sites is 1. The summed E-state index contributed by atoms with van der Waals surface area (Å²) >= 11 is 0. The highest BCUT2D eigenvalue weighted by Crippen LogP contribution is 2.08. The van der Waals surface area contributed by atoms with Crippen molar-refractivity contribution in [1.82, 2.24) is 14.9 Å². The predicted octanol–water partition coefficient (Wildman–Crippen LogP) is 1.70. The summed E-state index contributed by atoms with van der Waals surface area (Å²) in [4.78, 5) is 4.34. The fourth-order valence-corrected chi connectivity index (χ4v) is 1.80. The van der Waals surface area contributed by atoms with Crippen molar-refractivity contribution in [3.05, 3.63) is 48.5 Å². The zero-order valence-corrected chi connectivity index (χ0v) is 11.8. The normalized spacial score (nSPS) is 10.7. The number of imidazole rings is 1. The van der Waals surface area contributed by atoms with E-state index >= 15 is 0 Å². The Bertz CT molecular complexity index is 485. The third-order valence-electron chi connectivity index (χ3n) is 2.84. The fraction of sp³-hybridized carbons (Fsp3) is 0.400. The Balaban J connectivity index is 1.67. The summed E-state index contributed by atoms with van der Waals surface area (Å²) < 4.78 is 12.7. The number of hydrogen-bond acceptors (Lipinski definition) is 4. The fourth-order valence-electron chi connectivity index (χ4n) is 1.80. The van der Waals surface area contributed by atoms with E-state index in [0.29, 0.717) is 13.2 Å². The Morgan fingerprint density at radius 1 is 1.20 bits per heavy atom. The number of benzene rings is 1. The van der Waals surface area contributed by atoms with E-state index in [1.165, 1.54) is 0 Å². The van der Waals surface area contributed by atoms with Gasteiger partial charge in [0, 0.05) is 26.4 Å². The molecule has 0 saturated heterocycles. The van der Waals surface area contributed by atoms with Gasteiger partial charge < -0.3 is 19.4 Å². The zero-order chi connectivity index (χ0) is 14.0. The molecular weight excluding hydrogens is 254 g/mol. The van der Waals surface area contributed by atoms with Crippen molar-refractivity contribution >= 4 is 0 Å². The summed E-state index contributed by atoms with van der Waals surface area (Å²) in [5, 5.41) is 3.27. The largest absolute Gasteiger partial charge is 0.492 e. The minimum Gasteiger partial charge on any atom is -0.492 e. The van der Waals surface area contributed by atoms with Gasteiger partial charge in [0.15, 0.2) is 0 Å². The van der Waals surface area contributed by atoms with Gasteiger partial charge in [0.25, 0.3) is 0 Å².